The SMILES string of the molecule is CCn1cc(/C=C(\NC(=O)c2ccccc2OC)C(=O)NCCc2c[nH]c3ccc(OC)cc23)c2ccccc21. The fraction of sp³-hybridized carbons (Fsp3) is 0.188. The van der Waals surface area contributed by atoms with Crippen LogP contribution >= 0.6 is 0 Å². The number of nitrogens with one attached hydrogen (secondary N) is 3. The summed E-state index contributed by atoms with van der Waals surface area (Å²) >= 11 is 0. The summed E-state index contributed by atoms with van der Waals surface area (Å²) in [5, 5.41) is 7.86. The second-order valence-electron chi connectivity index (χ2n) is 9.33. The minimum Gasteiger partial charge on any atom is -0.497 e. The second kappa shape index (κ2) is 11.8. The molecule has 3 N–H and O–H groups in total. The number of methoxy groups -OCH3 is 2. The molecule has 0 atom stereocenters. The number of fused-ring (bicyclic) bond motifs is 2. The Hall–Kier alpha value is -4.98. The van der Waals surface area contributed by atoms with Gasteiger partial charge >= 0.3 is 0 Å². The van der Waals surface area contributed by atoms with Crippen molar-refractivity contribution in [1.29, 1.82) is 0 Å². The summed E-state index contributed by atoms with van der Waals surface area (Å²) in [4.78, 5) is 30.1. The monoisotopic (exact) mass is 536 g/mol. The Labute approximate surface area is 232 Å². The van der Waals surface area contributed by atoms with Crippen molar-refractivity contribution in [3.63, 3.8) is 0 Å². The standard InChI is InChI=1S/C32H32N4O4/c1-4-36-20-22(24-9-5-7-11-29(24)36)17-28(35-31(37)25-10-6-8-12-30(25)40-3)32(38)33-16-15-21-19-34-27-14-13-23(39-2)18-26(21)27/h5-14,17-20,34H,4,15-16H2,1-3H3,(H,33,38)(H,35,37)/b28-17-. The number of aromatic amines is 1. The molecule has 0 unspecified atom stereocenters. The van der Waals surface area contributed by atoms with Gasteiger partial charge in [-0.1, -0.05) is 30.3 Å². The normalized spacial score (nSPS) is 11.5. The van der Waals surface area contributed by atoms with Crippen molar-refractivity contribution in [2.75, 3.05) is 20.8 Å². The van der Waals surface area contributed by atoms with Crippen molar-refractivity contribution in [3.05, 3.63) is 102 Å². The fourth-order valence-electron chi connectivity index (χ4n) is 4.88. The average molecular weight is 537 g/mol. The molecule has 0 aliphatic carbocycles. The quantitative estimate of drug-likeness (QED) is 0.211. The van der Waals surface area contributed by atoms with Crippen molar-refractivity contribution in [3.8, 4) is 11.5 Å². The first-order valence-corrected chi connectivity index (χ1v) is 13.2. The van der Waals surface area contributed by atoms with Crippen LogP contribution in [0.1, 0.15) is 28.4 Å². The summed E-state index contributed by atoms with van der Waals surface area (Å²) in [6.07, 6.45) is 6.26. The zero-order valence-corrected chi connectivity index (χ0v) is 22.8. The highest BCUT2D eigenvalue weighted by atomic mass is 16.5. The lowest BCUT2D eigenvalue weighted by molar-refractivity contribution is -0.117. The van der Waals surface area contributed by atoms with Crippen LogP contribution in [0.3, 0.4) is 0 Å². The molecule has 8 heteroatoms. The maximum absolute atomic E-state index is 13.5. The first-order valence-electron chi connectivity index (χ1n) is 13.2. The Morgan fingerprint density at radius 1 is 0.975 bits per heavy atom. The number of ether oxygens (including phenoxy) is 2. The number of carbonyl (C=O) groups excluding carboxylic acids is 2. The van der Waals surface area contributed by atoms with Crippen molar-refractivity contribution in [2.45, 2.75) is 19.9 Å². The number of nitrogens with zero attached hydrogens (tertiary/aromatic N) is 1. The largest absolute Gasteiger partial charge is 0.497 e. The van der Waals surface area contributed by atoms with E-state index in [0.717, 1.165) is 45.2 Å². The van der Waals surface area contributed by atoms with Crippen LogP contribution in [0.25, 0.3) is 27.9 Å². The lowest BCUT2D eigenvalue weighted by Crippen LogP contribution is -2.35. The van der Waals surface area contributed by atoms with Crippen molar-refractivity contribution < 1.29 is 19.1 Å². The van der Waals surface area contributed by atoms with Gasteiger partial charge in [-0.3, -0.25) is 9.59 Å². The van der Waals surface area contributed by atoms with Crippen molar-refractivity contribution >= 4 is 39.7 Å². The maximum Gasteiger partial charge on any atom is 0.267 e. The van der Waals surface area contributed by atoms with Gasteiger partial charge in [-0.25, -0.2) is 0 Å². The van der Waals surface area contributed by atoms with Crippen LogP contribution in [-0.2, 0) is 17.8 Å². The number of rotatable bonds is 10. The van der Waals surface area contributed by atoms with Gasteiger partial charge in [0.1, 0.15) is 17.2 Å². The predicted octanol–water partition coefficient (Wildman–Crippen LogP) is 5.29. The number of carbonyl (C=O) groups is 2. The van der Waals surface area contributed by atoms with Crippen molar-refractivity contribution in [1.82, 2.24) is 20.2 Å². The molecule has 0 spiro atoms. The highest BCUT2D eigenvalue weighted by Gasteiger charge is 2.19. The molecule has 0 aliphatic rings. The zero-order chi connectivity index (χ0) is 28.1. The molecule has 0 aliphatic heterocycles. The third-order valence-corrected chi connectivity index (χ3v) is 6.96. The minimum absolute atomic E-state index is 0.149. The van der Waals surface area contributed by atoms with Crippen molar-refractivity contribution in [2.24, 2.45) is 0 Å². The molecule has 5 aromatic rings. The number of hydrogen-bond donors (Lipinski definition) is 3. The molecule has 0 fully saturated rings. The van der Waals surface area contributed by atoms with E-state index in [-0.39, 0.29) is 11.6 Å². The molecule has 204 valence electrons. The summed E-state index contributed by atoms with van der Waals surface area (Å²) < 4.78 is 12.8. The number of benzene rings is 3. The number of H-pyrrole nitrogens is 1. The Balaban J connectivity index is 1.42. The number of amides is 2. The van der Waals surface area contributed by atoms with Gasteiger partial charge in [-0.05, 0) is 61.4 Å². The maximum atomic E-state index is 13.5. The molecule has 0 saturated carbocycles. The van der Waals surface area contributed by atoms with Gasteiger partial charge < -0.3 is 29.7 Å². The van der Waals surface area contributed by atoms with Crippen LogP contribution in [0.2, 0.25) is 0 Å². The van der Waals surface area contributed by atoms with E-state index < -0.39 is 5.91 Å². The van der Waals surface area contributed by atoms with E-state index in [1.807, 2.05) is 54.9 Å². The van der Waals surface area contributed by atoms with Crippen LogP contribution in [-0.4, -0.2) is 42.1 Å². The summed E-state index contributed by atoms with van der Waals surface area (Å²) in [6.45, 7) is 3.22. The molecule has 5 rings (SSSR count). The van der Waals surface area contributed by atoms with Gasteiger partial charge in [0.05, 0.1) is 19.8 Å². The van der Waals surface area contributed by atoms with E-state index in [4.69, 9.17) is 9.47 Å². The van der Waals surface area contributed by atoms with Crippen LogP contribution in [0, 0.1) is 0 Å². The average Bonchev–Trinajstić information content (AvgIpc) is 3.57. The van der Waals surface area contributed by atoms with E-state index in [9.17, 15) is 9.59 Å². The number of aryl methyl sites for hydroxylation is 1. The summed E-state index contributed by atoms with van der Waals surface area (Å²) in [5.41, 5.74) is 4.44. The molecule has 0 radical (unpaired) electrons. The van der Waals surface area contributed by atoms with E-state index >= 15 is 0 Å². The van der Waals surface area contributed by atoms with E-state index in [1.54, 1.807) is 37.5 Å². The molecule has 2 heterocycles. The Bertz CT molecular complexity index is 1710. The highest BCUT2D eigenvalue weighted by Crippen LogP contribution is 2.25. The molecule has 0 bridgehead atoms. The highest BCUT2D eigenvalue weighted by molar-refractivity contribution is 6.07. The smallest absolute Gasteiger partial charge is 0.267 e. The summed E-state index contributed by atoms with van der Waals surface area (Å²) in [7, 11) is 3.15. The van der Waals surface area contributed by atoms with Gasteiger partial charge in [-0.15, -0.1) is 0 Å². The van der Waals surface area contributed by atoms with Gasteiger partial charge in [0.25, 0.3) is 11.8 Å². The van der Waals surface area contributed by atoms with E-state index in [0.29, 0.717) is 24.3 Å². The molecule has 2 amide bonds. The number of aromatic nitrogens is 2. The Morgan fingerprint density at radius 2 is 1.77 bits per heavy atom. The molecule has 8 nitrogen and oxygen atoms in total. The lowest BCUT2D eigenvalue weighted by Gasteiger charge is -2.13. The Morgan fingerprint density at radius 3 is 2.58 bits per heavy atom. The van der Waals surface area contributed by atoms with Gasteiger partial charge in [0, 0.05) is 52.9 Å². The molecule has 2 aromatic heterocycles. The number of para-hydroxylation sites is 2. The van der Waals surface area contributed by atoms with Crippen LogP contribution < -0.4 is 20.1 Å². The summed E-state index contributed by atoms with van der Waals surface area (Å²) in [6, 6.07) is 20.8. The van der Waals surface area contributed by atoms with Gasteiger partial charge in [0.15, 0.2) is 0 Å². The van der Waals surface area contributed by atoms with Crippen LogP contribution in [0.5, 0.6) is 11.5 Å². The van der Waals surface area contributed by atoms with Crippen LogP contribution in [0.4, 0.5) is 0 Å². The van der Waals surface area contributed by atoms with E-state index in [2.05, 4.69) is 27.1 Å². The number of hydrogen-bond acceptors (Lipinski definition) is 4. The van der Waals surface area contributed by atoms with Crippen LogP contribution in [0.15, 0.2) is 84.8 Å². The Kier molecular flexibility index (Phi) is 7.87. The lowest BCUT2D eigenvalue weighted by atomic mass is 10.1. The zero-order valence-electron chi connectivity index (χ0n) is 22.8. The molecule has 0 saturated heterocycles. The second-order valence-corrected chi connectivity index (χ2v) is 9.33. The summed E-state index contributed by atoms with van der Waals surface area (Å²) in [5.74, 6) is 0.390. The van der Waals surface area contributed by atoms with Gasteiger partial charge in [0.2, 0.25) is 0 Å². The first kappa shape index (κ1) is 26.6. The third kappa shape index (κ3) is 5.42. The third-order valence-electron chi connectivity index (χ3n) is 6.96. The fourth-order valence-corrected chi connectivity index (χ4v) is 4.88. The molecular weight excluding hydrogens is 504 g/mol. The minimum atomic E-state index is -0.429. The first-order chi connectivity index (χ1) is 19.5. The van der Waals surface area contributed by atoms with E-state index in [1.165, 1.54) is 7.11 Å². The van der Waals surface area contributed by atoms with Gasteiger partial charge in [-0.2, -0.15) is 0 Å². The topological polar surface area (TPSA) is 97.4 Å². The predicted molar refractivity (Wildman–Crippen MR) is 158 cm³/mol. The molecular formula is C32H32N4O4. The molecule has 40 heavy (non-hydrogen) atoms. The molecule has 3 aromatic carbocycles.